The zero-order valence-electron chi connectivity index (χ0n) is 17.8. The number of imide groups is 1. The molecule has 1 aliphatic heterocycles. The minimum Gasteiger partial charge on any atom is -0.350 e. The summed E-state index contributed by atoms with van der Waals surface area (Å²) >= 11 is 5.94. The summed E-state index contributed by atoms with van der Waals surface area (Å²) in [4.78, 5) is 27.8. The van der Waals surface area contributed by atoms with Gasteiger partial charge in [-0.2, -0.15) is 0 Å². The fourth-order valence-corrected chi connectivity index (χ4v) is 3.99. The molecule has 1 heterocycles. The number of aryl methyl sites for hydroxylation is 2. The van der Waals surface area contributed by atoms with Crippen molar-refractivity contribution in [3.05, 3.63) is 106 Å². The largest absolute Gasteiger partial charge is 0.350 e. The van der Waals surface area contributed by atoms with Crippen LogP contribution in [0.25, 0.3) is 5.57 Å². The Kier molecular flexibility index (Phi) is 6.10. The zero-order chi connectivity index (χ0) is 22.8. The third kappa shape index (κ3) is 4.58. The van der Waals surface area contributed by atoms with E-state index in [4.69, 9.17) is 11.6 Å². The minimum absolute atomic E-state index is 0.197. The highest BCUT2D eigenvalue weighted by Gasteiger charge is 2.39. The lowest BCUT2D eigenvalue weighted by molar-refractivity contribution is -0.136. The molecule has 0 atom stereocenters. The van der Waals surface area contributed by atoms with E-state index in [1.807, 2.05) is 44.2 Å². The van der Waals surface area contributed by atoms with Gasteiger partial charge in [0.2, 0.25) is 0 Å². The number of amides is 2. The van der Waals surface area contributed by atoms with Crippen LogP contribution in [0.4, 0.5) is 10.1 Å². The van der Waals surface area contributed by atoms with Crippen LogP contribution in [-0.4, -0.2) is 23.3 Å². The van der Waals surface area contributed by atoms with E-state index in [1.165, 1.54) is 29.2 Å². The molecule has 0 aromatic heterocycles. The van der Waals surface area contributed by atoms with Crippen LogP contribution in [-0.2, 0) is 16.0 Å². The van der Waals surface area contributed by atoms with Gasteiger partial charge in [0.25, 0.3) is 11.8 Å². The van der Waals surface area contributed by atoms with Crippen molar-refractivity contribution in [3.8, 4) is 0 Å². The van der Waals surface area contributed by atoms with E-state index >= 15 is 0 Å². The molecular weight excluding hydrogens is 427 g/mol. The third-order valence-electron chi connectivity index (χ3n) is 5.33. The highest BCUT2D eigenvalue weighted by Crippen LogP contribution is 2.31. The van der Waals surface area contributed by atoms with Gasteiger partial charge in [-0.05, 0) is 78.9 Å². The van der Waals surface area contributed by atoms with Gasteiger partial charge in [0, 0.05) is 17.3 Å². The van der Waals surface area contributed by atoms with Crippen molar-refractivity contribution < 1.29 is 14.0 Å². The van der Waals surface area contributed by atoms with Gasteiger partial charge in [-0.15, -0.1) is 0 Å². The van der Waals surface area contributed by atoms with Gasteiger partial charge in [0.1, 0.15) is 11.5 Å². The first-order valence-corrected chi connectivity index (χ1v) is 10.7. The molecule has 0 fully saturated rings. The van der Waals surface area contributed by atoms with Gasteiger partial charge in [-0.25, -0.2) is 4.39 Å². The molecular formula is C26H22ClFN2O2. The average Bonchev–Trinajstić information content (AvgIpc) is 2.97. The van der Waals surface area contributed by atoms with E-state index < -0.39 is 17.6 Å². The molecule has 0 unspecified atom stereocenters. The molecule has 0 bridgehead atoms. The number of halogens is 2. The molecule has 0 spiro atoms. The highest BCUT2D eigenvalue weighted by molar-refractivity contribution is 6.36. The van der Waals surface area contributed by atoms with E-state index in [0.29, 0.717) is 17.0 Å². The van der Waals surface area contributed by atoms with Gasteiger partial charge >= 0.3 is 0 Å². The van der Waals surface area contributed by atoms with E-state index in [9.17, 15) is 14.0 Å². The number of nitrogens with zero attached hydrogens (tertiary/aromatic N) is 1. The molecule has 1 N–H and O–H groups in total. The maximum atomic E-state index is 13.5. The van der Waals surface area contributed by atoms with Crippen LogP contribution in [0.3, 0.4) is 0 Å². The van der Waals surface area contributed by atoms with Crippen molar-refractivity contribution >= 4 is 34.7 Å². The van der Waals surface area contributed by atoms with Gasteiger partial charge in [-0.1, -0.05) is 41.9 Å². The Morgan fingerprint density at radius 1 is 0.875 bits per heavy atom. The van der Waals surface area contributed by atoms with Crippen LogP contribution >= 0.6 is 11.6 Å². The number of hydrogen-bond donors (Lipinski definition) is 1. The summed E-state index contributed by atoms with van der Waals surface area (Å²) in [5, 5.41) is 3.79. The topological polar surface area (TPSA) is 49.4 Å². The van der Waals surface area contributed by atoms with Gasteiger partial charge in [-0.3, -0.25) is 14.5 Å². The highest BCUT2D eigenvalue weighted by atomic mass is 35.5. The van der Waals surface area contributed by atoms with Crippen LogP contribution in [0.1, 0.15) is 22.3 Å². The monoisotopic (exact) mass is 448 g/mol. The van der Waals surface area contributed by atoms with Gasteiger partial charge in [0.15, 0.2) is 0 Å². The first-order chi connectivity index (χ1) is 15.3. The van der Waals surface area contributed by atoms with Crippen molar-refractivity contribution in [3.63, 3.8) is 0 Å². The predicted octanol–water partition coefficient (Wildman–Crippen LogP) is 5.53. The fraction of sp³-hybridized carbons (Fsp3) is 0.154. The Balaban J connectivity index is 1.67. The first-order valence-electron chi connectivity index (χ1n) is 10.3. The van der Waals surface area contributed by atoms with Crippen LogP contribution in [0, 0.1) is 19.7 Å². The maximum absolute atomic E-state index is 13.5. The van der Waals surface area contributed by atoms with Gasteiger partial charge in [0.05, 0.1) is 5.57 Å². The van der Waals surface area contributed by atoms with Crippen LogP contribution in [0.15, 0.2) is 72.4 Å². The molecule has 4 nitrogen and oxygen atoms in total. The Labute approximate surface area is 191 Å². The molecule has 0 saturated carbocycles. The molecule has 3 aromatic rings. The number of carbonyl (C=O) groups excluding carboxylic acids is 2. The first kappa shape index (κ1) is 21.8. The Morgan fingerprint density at radius 3 is 2.12 bits per heavy atom. The summed E-state index contributed by atoms with van der Waals surface area (Å²) in [5.41, 5.74) is 4.69. The summed E-state index contributed by atoms with van der Waals surface area (Å²) in [6.45, 7) is 4.16. The van der Waals surface area contributed by atoms with Crippen molar-refractivity contribution in [1.82, 2.24) is 4.90 Å². The summed E-state index contributed by atoms with van der Waals surface area (Å²) in [5.74, 6) is -1.21. The number of benzene rings is 3. The van der Waals surface area contributed by atoms with E-state index in [-0.39, 0.29) is 17.8 Å². The maximum Gasteiger partial charge on any atom is 0.278 e. The summed E-state index contributed by atoms with van der Waals surface area (Å²) in [6, 6.07) is 18.7. The number of carbonyl (C=O) groups is 2. The minimum atomic E-state index is -0.408. The molecule has 0 radical (unpaired) electrons. The van der Waals surface area contributed by atoms with Crippen molar-refractivity contribution in [1.29, 1.82) is 0 Å². The van der Waals surface area contributed by atoms with Gasteiger partial charge < -0.3 is 5.32 Å². The molecule has 162 valence electrons. The normalized spacial score (nSPS) is 13.8. The second kappa shape index (κ2) is 8.97. The standard InChI is InChI=1S/C26H22ClFN2O2/c1-16-13-17(2)15-22(14-16)29-24-23(19-5-9-21(28)10-6-19)25(31)30(26(24)32)12-11-18-3-7-20(27)8-4-18/h3-10,13-15,29H,11-12H2,1-2H3. The SMILES string of the molecule is Cc1cc(C)cc(NC2=C(c3ccc(F)cc3)C(=O)N(CCc3ccc(Cl)cc3)C2=O)c1. The molecule has 2 amide bonds. The molecule has 1 aliphatic rings. The number of nitrogens with one attached hydrogen (secondary N) is 1. The fourth-order valence-electron chi connectivity index (χ4n) is 3.86. The number of rotatable bonds is 6. The molecule has 4 rings (SSSR count). The Morgan fingerprint density at radius 2 is 1.50 bits per heavy atom. The van der Waals surface area contributed by atoms with Crippen molar-refractivity contribution in [2.75, 3.05) is 11.9 Å². The number of hydrogen-bond acceptors (Lipinski definition) is 3. The average molecular weight is 449 g/mol. The molecule has 0 saturated heterocycles. The smallest absolute Gasteiger partial charge is 0.278 e. The molecule has 3 aromatic carbocycles. The van der Waals surface area contributed by atoms with Crippen LogP contribution < -0.4 is 5.32 Å². The second-order valence-electron chi connectivity index (χ2n) is 7.90. The van der Waals surface area contributed by atoms with Crippen LogP contribution in [0.2, 0.25) is 5.02 Å². The lowest BCUT2D eigenvalue weighted by atomic mass is 10.0. The lowest BCUT2D eigenvalue weighted by Crippen LogP contribution is -2.34. The lowest BCUT2D eigenvalue weighted by Gasteiger charge is -2.15. The molecule has 6 heteroatoms. The number of anilines is 1. The van der Waals surface area contributed by atoms with E-state index in [2.05, 4.69) is 5.32 Å². The molecule has 32 heavy (non-hydrogen) atoms. The third-order valence-corrected chi connectivity index (χ3v) is 5.58. The predicted molar refractivity (Wildman–Crippen MR) is 125 cm³/mol. The van der Waals surface area contributed by atoms with E-state index in [1.54, 1.807) is 12.1 Å². The van der Waals surface area contributed by atoms with Crippen molar-refractivity contribution in [2.24, 2.45) is 0 Å². The van der Waals surface area contributed by atoms with Crippen LogP contribution in [0.5, 0.6) is 0 Å². The molecule has 0 aliphatic carbocycles. The summed E-state index contributed by atoms with van der Waals surface area (Å²) < 4.78 is 13.5. The summed E-state index contributed by atoms with van der Waals surface area (Å²) in [7, 11) is 0. The Bertz CT molecular complexity index is 1200. The summed E-state index contributed by atoms with van der Waals surface area (Å²) in [6.07, 6.45) is 0.502. The second-order valence-corrected chi connectivity index (χ2v) is 8.33. The van der Waals surface area contributed by atoms with Crippen molar-refractivity contribution in [2.45, 2.75) is 20.3 Å². The zero-order valence-corrected chi connectivity index (χ0v) is 18.5. The quantitative estimate of drug-likeness (QED) is 0.504. The van der Waals surface area contributed by atoms with E-state index in [0.717, 1.165) is 22.4 Å². The Hall–Kier alpha value is -3.44.